The molecule has 1 aliphatic carbocycles. The number of carbonyl (C=O) groups excluding carboxylic acids is 3. The SMILES string of the molecule is CC(=N)c1ccc(NC(=O)[C@H](Cc2ccc(-c3cnc(C)cc3C)cc2)NC(=O)[C@H]2CC[C@H](CNC(=O)OC(C)(C)C)CC2)cc1. The van der Waals surface area contributed by atoms with Crippen molar-refractivity contribution in [2.45, 2.75) is 85.3 Å². The molecule has 9 nitrogen and oxygen atoms in total. The summed E-state index contributed by atoms with van der Waals surface area (Å²) in [6, 6.07) is 16.4. The van der Waals surface area contributed by atoms with Gasteiger partial charge in [0.1, 0.15) is 11.6 Å². The van der Waals surface area contributed by atoms with Gasteiger partial charge >= 0.3 is 6.09 Å². The highest BCUT2D eigenvalue weighted by Gasteiger charge is 2.30. The Hall–Kier alpha value is -4.53. The summed E-state index contributed by atoms with van der Waals surface area (Å²) in [5.74, 6) is -0.367. The van der Waals surface area contributed by atoms with Gasteiger partial charge in [0.2, 0.25) is 11.8 Å². The number of nitrogens with one attached hydrogen (secondary N) is 4. The second-order valence-electron chi connectivity index (χ2n) is 13.4. The molecule has 1 aromatic heterocycles. The Morgan fingerprint density at radius 2 is 1.63 bits per heavy atom. The molecule has 1 fully saturated rings. The van der Waals surface area contributed by atoms with Crippen molar-refractivity contribution in [3.63, 3.8) is 0 Å². The third-order valence-electron chi connectivity index (χ3n) is 8.32. The normalized spacial score (nSPS) is 17.0. The van der Waals surface area contributed by atoms with Crippen LogP contribution >= 0.6 is 0 Å². The smallest absolute Gasteiger partial charge is 0.407 e. The molecule has 46 heavy (non-hydrogen) atoms. The second-order valence-corrected chi connectivity index (χ2v) is 13.4. The van der Waals surface area contributed by atoms with Crippen LogP contribution in [0.2, 0.25) is 0 Å². The van der Waals surface area contributed by atoms with E-state index in [1.807, 2.05) is 58.2 Å². The zero-order chi connectivity index (χ0) is 33.4. The van der Waals surface area contributed by atoms with Crippen LogP contribution in [0.25, 0.3) is 11.1 Å². The first kappa shape index (κ1) is 34.3. The Bertz CT molecular complexity index is 1540. The minimum atomic E-state index is -0.781. The number of anilines is 1. The summed E-state index contributed by atoms with van der Waals surface area (Å²) in [4.78, 5) is 43.6. The highest BCUT2D eigenvalue weighted by Crippen LogP contribution is 2.29. The number of carbonyl (C=O) groups is 3. The number of rotatable bonds is 10. The number of alkyl carbamates (subject to hydrolysis) is 1. The molecule has 9 heteroatoms. The summed E-state index contributed by atoms with van der Waals surface area (Å²) in [5.41, 5.74) is 6.40. The molecule has 1 saturated carbocycles. The molecular formula is C37H47N5O4. The van der Waals surface area contributed by atoms with Crippen molar-refractivity contribution in [2.75, 3.05) is 11.9 Å². The van der Waals surface area contributed by atoms with E-state index in [1.165, 1.54) is 0 Å². The van der Waals surface area contributed by atoms with E-state index in [0.717, 1.165) is 46.4 Å². The molecule has 0 bridgehead atoms. The third-order valence-corrected chi connectivity index (χ3v) is 8.32. The van der Waals surface area contributed by atoms with Gasteiger partial charge in [0.15, 0.2) is 0 Å². The zero-order valence-corrected chi connectivity index (χ0v) is 27.8. The molecular weight excluding hydrogens is 578 g/mol. The van der Waals surface area contributed by atoms with Gasteiger partial charge in [-0.05, 0) is 114 Å². The molecule has 1 atom stereocenters. The van der Waals surface area contributed by atoms with Crippen molar-refractivity contribution < 1.29 is 19.1 Å². The van der Waals surface area contributed by atoms with Crippen LogP contribution in [0.15, 0.2) is 60.8 Å². The van der Waals surface area contributed by atoms with Crippen LogP contribution < -0.4 is 16.0 Å². The van der Waals surface area contributed by atoms with Crippen LogP contribution in [0.4, 0.5) is 10.5 Å². The van der Waals surface area contributed by atoms with E-state index in [1.54, 1.807) is 31.2 Å². The lowest BCUT2D eigenvalue weighted by atomic mass is 9.81. The predicted molar refractivity (Wildman–Crippen MR) is 182 cm³/mol. The molecule has 0 aliphatic heterocycles. The fraction of sp³-hybridized carbons (Fsp3) is 0.432. The van der Waals surface area contributed by atoms with E-state index in [0.29, 0.717) is 37.2 Å². The highest BCUT2D eigenvalue weighted by molar-refractivity contribution is 5.99. The molecule has 3 amide bonds. The predicted octanol–water partition coefficient (Wildman–Crippen LogP) is 6.75. The van der Waals surface area contributed by atoms with Gasteiger partial charge in [-0.2, -0.15) is 0 Å². The van der Waals surface area contributed by atoms with Crippen LogP contribution in [-0.4, -0.2) is 46.8 Å². The summed E-state index contributed by atoms with van der Waals surface area (Å²) in [5, 5.41) is 16.7. The maximum absolute atomic E-state index is 13.6. The Labute approximate surface area is 272 Å². The quantitative estimate of drug-likeness (QED) is 0.185. The number of amides is 3. The Morgan fingerprint density at radius 3 is 2.22 bits per heavy atom. The molecule has 1 heterocycles. The first-order chi connectivity index (χ1) is 21.8. The van der Waals surface area contributed by atoms with Crippen LogP contribution in [-0.2, 0) is 20.7 Å². The van der Waals surface area contributed by atoms with Gasteiger partial charge < -0.3 is 26.1 Å². The topological polar surface area (TPSA) is 133 Å². The molecule has 244 valence electrons. The number of hydrogen-bond acceptors (Lipinski definition) is 6. The minimum Gasteiger partial charge on any atom is -0.444 e. The average molecular weight is 626 g/mol. The largest absolute Gasteiger partial charge is 0.444 e. The average Bonchev–Trinajstić information content (AvgIpc) is 3.00. The Balaban J connectivity index is 1.41. The molecule has 4 N–H and O–H groups in total. The van der Waals surface area contributed by atoms with Gasteiger partial charge in [-0.25, -0.2) is 4.79 Å². The first-order valence-corrected chi connectivity index (χ1v) is 16.0. The van der Waals surface area contributed by atoms with E-state index in [9.17, 15) is 14.4 Å². The highest BCUT2D eigenvalue weighted by atomic mass is 16.6. The van der Waals surface area contributed by atoms with Gasteiger partial charge in [-0.3, -0.25) is 14.6 Å². The van der Waals surface area contributed by atoms with Crippen molar-refractivity contribution in [1.82, 2.24) is 15.6 Å². The number of ether oxygens (including phenoxy) is 1. The van der Waals surface area contributed by atoms with E-state index in [-0.39, 0.29) is 23.7 Å². The monoisotopic (exact) mass is 625 g/mol. The van der Waals surface area contributed by atoms with Crippen LogP contribution in [0, 0.1) is 31.1 Å². The molecule has 3 aromatic rings. The van der Waals surface area contributed by atoms with Crippen LogP contribution in [0.3, 0.4) is 0 Å². The number of pyridine rings is 1. The minimum absolute atomic E-state index is 0.133. The lowest BCUT2D eigenvalue weighted by molar-refractivity contribution is -0.130. The van der Waals surface area contributed by atoms with Gasteiger partial charge in [-0.15, -0.1) is 0 Å². The van der Waals surface area contributed by atoms with Gasteiger partial charge in [0.25, 0.3) is 0 Å². The second kappa shape index (κ2) is 15.2. The molecule has 0 spiro atoms. The number of benzene rings is 2. The van der Waals surface area contributed by atoms with Crippen molar-refractivity contribution in [2.24, 2.45) is 11.8 Å². The van der Waals surface area contributed by atoms with Gasteiger partial charge in [-0.1, -0.05) is 36.4 Å². The number of hydrogen-bond donors (Lipinski definition) is 4. The molecule has 4 rings (SSSR count). The molecule has 0 saturated heterocycles. The molecule has 0 unspecified atom stereocenters. The molecule has 2 aromatic carbocycles. The first-order valence-electron chi connectivity index (χ1n) is 16.0. The zero-order valence-electron chi connectivity index (χ0n) is 27.8. The maximum Gasteiger partial charge on any atom is 0.407 e. The molecule has 1 aliphatic rings. The van der Waals surface area contributed by atoms with Crippen LogP contribution in [0.1, 0.15) is 75.8 Å². The van der Waals surface area contributed by atoms with E-state index in [2.05, 4.69) is 33.9 Å². The Morgan fingerprint density at radius 1 is 0.978 bits per heavy atom. The van der Waals surface area contributed by atoms with Crippen LogP contribution in [0.5, 0.6) is 0 Å². The van der Waals surface area contributed by atoms with Crippen molar-refractivity contribution in [3.05, 3.63) is 83.2 Å². The van der Waals surface area contributed by atoms with Crippen molar-refractivity contribution in [1.29, 1.82) is 5.41 Å². The third kappa shape index (κ3) is 9.99. The number of nitrogens with zero attached hydrogens (tertiary/aromatic N) is 1. The fourth-order valence-corrected chi connectivity index (χ4v) is 5.76. The number of aromatic nitrogens is 1. The fourth-order valence-electron chi connectivity index (χ4n) is 5.76. The summed E-state index contributed by atoms with van der Waals surface area (Å²) in [6.45, 7) is 11.8. The summed E-state index contributed by atoms with van der Waals surface area (Å²) in [7, 11) is 0. The summed E-state index contributed by atoms with van der Waals surface area (Å²) >= 11 is 0. The Kier molecular flexibility index (Phi) is 11.3. The van der Waals surface area contributed by atoms with Gasteiger partial charge in [0.05, 0.1) is 0 Å². The van der Waals surface area contributed by atoms with Crippen molar-refractivity contribution >= 4 is 29.3 Å². The van der Waals surface area contributed by atoms with E-state index in [4.69, 9.17) is 10.1 Å². The van der Waals surface area contributed by atoms with Gasteiger partial charge in [0, 0.05) is 47.7 Å². The standard InChI is InChI=1S/C37H47N5O4/c1-23-19-24(2)39-22-32(23)29-11-7-26(8-12-29)20-33(35(44)41-31-17-15-28(16-18-31)25(3)38)42-34(43)30-13-9-27(10-14-30)21-40-36(45)46-37(4,5)6/h7-8,11-12,15-19,22,27,30,33,38H,9-10,13-14,20-21H2,1-6H3,(H,40,45)(H,41,44)(H,42,43)/t27-,30-,33-/m0/s1. The lowest BCUT2D eigenvalue weighted by Gasteiger charge is -2.29. The van der Waals surface area contributed by atoms with Crippen molar-refractivity contribution in [3.8, 4) is 11.1 Å². The summed E-state index contributed by atoms with van der Waals surface area (Å²) < 4.78 is 5.34. The van der Waals surface area contributed by atoms with E-state index < -0.39 is 17.7 Å². The number of aryl methyl sites for hydroxylation is 2. The lowest BCUT2D eigenvalue weighted by Crippen LogP contribution is -2.48. The maximum atomic E-state index is 13.6. The molecule has 0 radical (unpaired) electrons. The van der Waals surface area contributed by atoms with E-state index >= 15 is 0 Å². The summed E-state index contributed by atoms with van der Waals surface area (Å²) in [6.07, 6.45) is 4.76.